The van der Waals surface area contributed by atoms with Crippen molar-refractivity contribution < 1.29 is 18.0 Å². The highest BCUT2D eigenvalue weighted by Gasteiger charge is 2.37. The molecule has 8 heteroatoms. The lowest BCUT2D eigenvalue weighted by Gasteiger charge is -2.29. The van der Waals surface area contributed by atoms with Crippen LogP contribution in [-0.2, 0) is 6.18 Å². The number of primary amides is 1. The van der Waals surface area contributed by atoms with Crippen molar-refractivity contribution in [1.82, 2.24) is 4.98 Å². The highest BCUT2D eigenvalue weighted by Crippen LogP contribution is 2.37. The van der Waals surface area contributed by atoms with Gasteiger partial charge in [0.2, 0.25) is 0 Å². The lowest BCUT2D eigenvalue weighted by atomic mass is 10.1. The minimum Gasteiger partial charge on any atom is -0.365 e. The van der Waals surface area contributed by atoms with Gasteiger partial charge in [-0.3, -0.25) is 4.79 Å². The number of aromatic nitrogens is 1. The van der Waals surface area contributed by atoms with Gasteiger partial charge in [0.25, 0.3) is 5.91 Å². The lowest BCUT2D eigenvalue weighted by molar-refractivity contribution is -0.141. The zero-order valence-corrected chi connectivity index (χ0v) is 11.5. The molecule has 1 aromatic heterocycles. The average molecular weight is 302 g/mol. The molecule has 1 aromatic rings. The van der Waals surface area contributed by atoms with E-state index in [4.69, 9.17) is 11.5 Å². The quantitative estimate of drug-likeness (QED) is 0.860. The number of halogens is 3. The van der Waals surface area contributed by atoms with Gasteiger partial charge in [-0.25, -0.2) is 4.98 Å². The highest BCUT2D eigenvalue weighted by atomic mass is 19.4. The molecule has 1 amide bonds. The average Bonchev–Trinajstić information content (AvgIpc) is 3.22. The second-order valence-corrected chi connectivity index (χ2v) is 5.18. The van der Waals surface area contributed by atoms with Gasteiger partial charge in [0.15, 0.2) is 0 Å². The molecule has 0 bridgehead atoms. The normalized spacial score (nSPS) is 16.6. The molecule has 0 spiro atoms. The summed E-state index contributed by atoms with van der Waals surface area (Å²) < 4.78 is 38.4. The Morgan fingerprint density at radius 3 is 2.52 bits per heavy atom. The number of alkyl halides is 3. The van der Waals surface area contributed by atoms with Crippen molar-refractivity contribution in [2.24, 2.45) is 17.4 Å². The van der Waals surface area contributed by atoms with Crippen molar-refractivity contribution in [3.8, 4) is 0 Å². The van der Waals surface area contributed by atoms with Crippen LogP contribution in [0.4, 0.5) is 19.0 Å². The van der Waals surface area contributed by atoms with Crippen LogP contribution in [0.3, 0.4) is 0 Å². The number of likely N-dealkylation sites (N-methyl/N-ethyl adjacent to an activating group) is 1. The first-order chi connectivity index (χ1) is 9.75. The Labute approximate surface area is 120 Å². The molecule has 1 aliphatic rings. The van der Waals surface area contributed by atoms with E-state index in [0.29, 0.717) is 5.92 Å². The van der Waals surface area contributed by atoms with E-state index in [-0.39, 0.29) is 24.0 Å². The van der Waals surface area contributed by atoms with E-state index < -0.39 is 17.8 Å². The summed E-state index contributed by atoms with van der Waals surface area (Å²) in [6.07, 6.45) is -2.64. The van der Waals surface area contributed by atoms with E-state index in [9.17, 15) is 18.0 Å². The van der Waals surface area contributed by atoms with Gasteiger partial charge in [-0.15, -0.1) is 0 Å². The number of rotatable bonds is 5. The highest BCUT2D eigenvalue weighted by molar-refractivity contribution is 5.97. The molecule has 0 saturated heterocycles. The topological polar surface area (TPSA) is 85.2 Å². The maximum atomic E-state index is 12.8. The first-order valence-electron chi connectivity index (χ1n) is 6.56. The number of hydrogen-bond acceptors (Lipinski definition) is 4. The molecule has 116 valence electrons. The number of carbonyl (C=O) groups excluding carboxylic acids is 1. The van der Waals surface area contributed by atoms with Crippen LogP contribution in [0.15, 0.2) is 12.1 Å². The number of nitrogens with two attached hydrogens (primary N) is 2. The maximum Gasteiger partial charge on any atom is 0.433 e. The molecule has 1 atom stereocenters. The fraction of sp³-hybridized carbons (Fsp3) is 0.538. The second kappa shape index (κ2) is 5.51. The summed E-state index contributed by atoms with van der Waals surface area (Å²) in [7, 11) is 1.59. The van der Waals surface area contributed by atoms with E-state index in [0.717, 1.165) is 25.0 Å². The molecule has 1 aliphatic carbocycles. The van der Waals surface area contributed by atoms with Gasteiger partial charge >= 0.3 is 6.18 Å². The standard InChI is InChI=1S/C13H17F3N4O/c1-20(9(6-17)7-2-3-7)12-8(11(18)21)4-5-10(19-12)13(14,15)16/h4-5,7,9H,2-3,6,17H2,1H3,(H2,18,21). The molecule has 1 saturated carbocycles. The molecule has 5 nitrogen and oxygen atoms in total. The SMILES string of the molecule is CN(c1nc(C(F)(F)F)ccc1C(N)=O)C(CN)C1CC1. The van der Waals surface area contributed by atoms with E-state index >= 15 is 0 Å². The van der Waals surface area contributed by atoms with Crippen LogP contribution in [0.25, 0.3) is 0 Å². The van der Waals surface area contributed by atoms with E-state index in [1.54, 1.807) is 7.05 Å². The number of hydrogen-bond donors (Lipinski definition) is 2. The zero-order valence-electron chi connectivity index (χ0n) is 11.5. The van der Waals surface area contributed by atoms with Crippen molar-refractivity contribution in [1.29, 1.82) is 0 Å². The molecule has 0 aromatic carbocycles. The van der Waals surface area contributed by atoms with Gasteiger partial charge in [0.05, 0.1) is 5.56 Å². The lowest BCUT2D eigenvalue weighted by Crippen LogP contribution is -2.41. The smallest absolute Gasteiger partial charge is 0.365 e. The number of nitrogens with zero attached hydrogens (tertiary/aromatic N) is 2. The van der Waals surface area contributed by atoms with Crippen LogP contribution >= 0.6 is 0 Å². The van der Waals surface area contributed by atoms with Crippen LogP contribution in [-0.4, -0.2) is 30.5 Å². The fourth-order valence-corrected chi connectivity index (χ4v) is 2.37. The Balaban J connectivity index is 2.44. The zero-order chi connectivity index (χ0) is 15.8. The third kappa shape index (κ3) is 3.26. The Kier molecular flexibility index (Phi) is 4.08. The van der Waals surface area contributed by atoms with Crippen molar-refractivity contribution in [2.75, 3.05) is 18.5 Å². The predicted molar refractivity (Wildman–Crippen MR) is 71.7 cm³/mol. The Hall–Kier alpha value is -1.83. The third-order valence-corrected chi connectivity index (χ3v) is 3.67. The summed E-state index contributed by atoms with van der Waals surface area (Å²) in [6, 6.07) is 1.66. The molecule has 4 N–H and O–H groups in total. The summed E-state index contributed by atoms with van der Waals surface area (Å²) in [6.45, 7) is 0.275. The Morgan fingerprint density at radius 2 is 2.10 bits per heavy atom. The van der Waals surface area contributed by atoms with Crippen LogP contribution in [0.5, 0.6) is 0 Å². The fourth-order valence-electron chi connectivity index (χ4n) is 2.37. The van der Waals surface area contributed by atoms with Crippen molar-refractivity contribution in [3.63, 3.8) is 0 Å². The van der Waals surface area contributed by atoms with E-state index in [1.807, 2.05) is 0 Å². The molecule has 2 rings (SSSR count). The number of pyridine rings is 1. The number of carbonyl (C=O) groups is 1. The van der Waals surface area contributed by atoms with Crippen LogP contribution in [0, 0.1) is 5.92 Å². The first-order valence-corrected chi connectivity index (χ1v) is 6.56. The largest absolute Gasteiger partial charge is 0.433 e. The van der Waals surface area contributed by atoms with Gasteiger partial charge in [0.1, 0.15) is 11.5 Å². The van der Waals surface area contributed by atoms with Crippen LogP contribution < -0.4 is 16.4 Å². The molecule has 0 aliphatic heterocycles. The molecule has 1 heterocycles. The Morgan fingerprint density at radius 1 is 1.48 bits per heavy atom. The summed E-state index contributed by atoms with van der Waals surface area (Å²) in [5, 5.41) is 0. The molecule has 21 heavy (non-hydrogen) atoms. The van der Waals surface area contributed by atoms with Gasteiger partial charge in [-0.05, 0) is 30.9 Å². The van der Waals surface area contributed by atoms with Gasteiger partial charge < -0.3 is 16.4 Å². The predicted octanol–water partition coefficient (Wildman–Crippen LogP) is 1.37. The monoisotopic (exact) mass is 302 g/mol. The molecular weight excluding hydrogens is 285 g/mol. The van der Waals surface area contributed by atoms with Gasteiger partial charge in [0, 0.05) is 19.6 Å². The second-order valence-electron chi connectivity index (χ2n) is 5.18. The minimum atomic E-state index is -4.58. The van der Waals surface area contributed by atoms with Gasteiger partial charge in [-0.2, -0.15) is 13.2 Å². The van der Waals surface area contributed by atoms with Crippen molar-refractivity contribution in [2.45, 2.75) is 25.1 Å². The molecule has 1 fully saturated rings. The van der Waals surface area contributed by atoms with Crippen molar-refractivity contribution in [3.05, 3.63) is 23.4 Å². The molecule has 0 radical (unpaired) electrons. The summed E-state index contributed by atoms with van der Waals surface area (Å²) in [5.74, 6) is -0.568. The van der Waals surface area contributed by atoms with E-state index in [2.05, 4.69) is 4.98 Å². The van der Waals surface area contributed by atoms with Crippen molar-refractivity contribution >= 4 is 11.7 Å². The van der Waals surface area contributed by atoms with Gasteiger partial charge in [-0.1, -0.05) is 0 Å². The molecule has 1 unspecified atom stereocenters. The Bertz CT molecular complexity index is 543. The number of anilines is 1. The summed E-state index contributed by atoms with van der Waals surface area (Å²) in [5.41, 5.74) is 9.83. The third-order valence-electron chi connectivity index (χ3n) is 3.67. The molecular formula is C13H17F3N4O. The number of amides is 1. The summed E-state index contributed by atoms with van der Waals surface area (Å²) in [4.78, 5) is 16.6. The van der Waals surface area contributed by atoms with Crippen LogP contribution in [0.2, 0.25) is 0 Å². The van der Waals surface area contributed by atoms with E-state index in [1.165, 1.54) is 4.90 Å². The van der Waals surface area contributed by atoms with Crippen LogP contribution in [0.1, 0.15) is 28.9 Å². The minimum absolute atomic E-state index is 0.0374. The maximum absolute atomic E-state index is 12.8. The summed E-state index contributed by atoms with van der Waals surface area (Å²) >= 11 is 0. The first kappa shape index (κ1) is 15.6.